The van der Waals surface area contributed by atoms with E-state index in [-0.39, 0.29) is 5.69 Å². The first-order valence-electron chi connectivity index (χ1n) is 8.17. The number of para-hydroxylation sites is 2. The van der Waals surface area contributed by atoms with Crippen molar-refractivity contribution in [3.8, 4) is 11.5 Å². The van der Waals surface area contributed by atoms with E-state index in [0.29, 0.717) is 25.3 Å². The molecular formula is C18H22N4O3. The lowest BCUT2D eigenvalue weighted by Crippen LogP contribution is -2.31. The maximum Gasteiger partial charge on any atom is 0.350 e. The first-order chi connectivity index (χ1) is 12.2. The van der Waals surface area contributed by atoms with Crippen molar-refractivity contribution in [1.29, 1.82) is 0 Å². The van der Waals surface area contributed by atoms with Crippen LogP contribution in [-0.2, 0) is 6.54 Å². The van der Waals surface area contributed by atoms with Crippen molar-refractivity contribution in [1.82, 2.24) is 19.1 Å². The standard InChI is InChI=1S/C18H22N4O3/c1-20(13-14-25-16-8-4-3-7-15(16)24-2)11-12-22-18(23)21-10-6-5-9-17(21)19-22/h3-10H,11-14H2,1-2H3. The zero-order valence-electron chi connectivity index (χ0n) is 14.5. The van der Waals surface area contributed by atoms with Gasteiger partial charge in [-0.15, -0.1) is 5.10 Å². The first kappa shape index (κ1) is 17.0. The molecule has 2 heterocycles. The van der Waals surface area contributed by atoms with Crippen LogP contribution in [0.1, 0.15) is 0 Å². The Bertz CT molecular complexity index is 887. The normalized spacial score (nSPS) is 11.2. The second-order valence-corrected chi connectivity index (χ2v) is 5.74. The number of methoxy groups -OCH3 is 1. The SMILES string of the molecule is COc1ccccc1OCCN(C)CCn1nc2ccccn2c1=O. The van der Waals surface area contributed by atoms with Crippen LogP contribution in [0.15, 0.2) is 53.5 Å². The molecule has 0 saturated carbocycles. The van der Waals surface area contributed by atoms with Crippen LogP contribution < -0.4 is 15.2 Å². The second kappa shape index (κ2) is 7.85. The van der Waals surface area contributed by atoms with Crippen molar-refractivity contribution < 1.29 is 9.47 Å². The molecule has 2 aromatic heterocycles. The van der Waals surface area contributed by atoms with Gasteiger partial charge in [-0.2, -0.15) is 0 Å². The third-order valence-electron chi connectivity index (χ3n) is 3.98. The fourth-order valence-corrected chi connectivity index (χ4v) is 2.54. The average molecular weight is 342 g/mol. The highest BCUT2D eigenvalue weighted by Gasteiger charge is 2.08. The lowest BCUT2D eigenvalue weighted by atomic mass is 10.3. The molecule has 0 saturated heterocycles. The van der Waals surface area contributed by atoms with Gasteiger partial charge < -0.3 is 14.4 Å². The first-order valence-corrected chi connectivity index (χ1v) is 8.17. The Labute approximate surface area is 146 Å². The molecule has 7 nitrogen and oxygen atoms in total. The Kier molecular flexibility index (Phi) is 5.35. The number of hydrogen-bond donors (Lipinski definition) is 0. The lowest BCUT2D eigenvalue weighted by molar-refractivity contribution is 0.223. The number of fused-ring (bicyclic) bond motifs is 1. The largest absolute Gasteiger partial charge is 0.493 e. The summed E-state index contributed by atoms with van der Waals surface area (Å²) >= 11 is 0. The van der Waals surface area contributed by atoms with E-state index in [1.54, 1.807) is 17.7 Å². The quantitative estimate of drug-likeness (QED) is 0.621. The molecule has 0 atom stereocenters. The van der Waals surface area contributed by atoms with Crippen LogP contribution in [0.4, 0.5) is 0 Å². The molecule has 0 aliphatic rings. The van der Waals surface area contributed by atoms with Gasteiger partial charge in [0, 0.05) is 19.3 Å². The zero-order valence-corrected chi connectivity index (χ0v) is 14.5. The summed E-state index contributed by atoms with van der Waals surface area (Å²) in [6.07, 6.45) is 1.73. The summed E-state index contributed by atoms with van der Waals surface area (Å²) < 4.78 is 14.1. The van der Waals surface area contributed by atoms with Crippen LogP contribution in [0.25, 0.3) is 5.65 Å². The summed E-state index contributed by atoms with van der Waals surface area (Å²) in [5.41, 5.74) is 0.545. The topological polar surface area (TPSA) is 61.0 Å². The third kappa shape index (κ3) is 4.00. The van der Waals surface area contributed by atoms with Crippen LogP contribution in [-0.4, -0.2) is 52.9 Å². The van der Waals surface area contributed by atoms with Crippen molar-refractivity contribution in [2.45, 2.75) is 6.54 Å². The summed E-state index contributed by atoms with van der Waals surface area (Å²) in [4.78, 5) is 14.3. The van der Waals surface area contributed by atoms with Crippen LogP contribution >= 0.6 is 0 Å². The molecular weight excluding hydrogens is 320 g/mol. The summed E-state index contributed by atoms with van der Waals surface area (Å²) in [6, 6.07) is 13.1. The third-order valence-corrected chi connectivity index (χ3v) is 3.98. The number of likely N-dealkylation sites (N-methyl/N-ethyl adjacent to an activating group) is 1. The van der Waals surface area contributed by atoms with Crippen molar-refractivity contribution in [3.05, 3.63) is 59.1 Å². The molecule has 0 spiro atoms. The molecule has 0 aliphatic heterocycles. The summed E-state index contributed by atoms with van der Waals surface area (Å²) in [5, 5.41) is 4.33. The number of rotatable bonds is 8. The maximum absolute atomic E-state index is 12.2. The number of nitrogens with zero attached hydrogens (tertiary/aromatic N) is 4. The Morgan fingerprint density at radius 3 is 2.60 bits per heavy atom. The zero-order chi connectivity index (χ0) is 17.6. The average Bonchev–Trinajstić information content (AvgIpc) is 2.97. The van der Waals surface area contributed by atoms with Crippen molar-refractivity contribution >= 4 is 5.65 Å². The lowest BCUT2D eigenvalue weighted by Gasteiger charge is -2.17. The van der Waals surface area contributed by atoms with E-state index >= 15 is 0 Å². The van der Waals surface area contributed by atoms with Crippen LogP contribution in [0, 0.1) is 0 Å². The molecule has 0 radical (unpaired) electrons. The van der Waals surface area contributed by atoms with Gasteiger partial charge in [0.2, 0.25) is 0 Å². The highest BCUT2D eigenvalue weighted by molar-refractivity contribution is 5.39. The van der Waals surface area contributed by atoms with E-state index in [1.807, 2.05) is 49.5 Å². The summed E-state index contributed by atoms with van der Waals surface area (Å²) in [5.74, 6) is 1.45. The predicted molar refractivity (Wildman–Crippen MR) is 95.4 cm³/mol. The van der Waals surface area contributed by atoms with Gasteiger partial charge in [0.25, 0.3) is 0 Å². The molecule has 3 rings (SSSR count). The Morgan fingerprint density at radius 1 is 1.08 bits per heavy atom. The molecule has 132 valence electrons. The minimum absolute atomic E-state index is 0.116. The maximum atomic E-state index is 12.2. The van der Waals surface area contributed by atoms with E-state index in [4.69, 9.17) is 9.47 Å². The Hall–Kier alpha value is -2.80. The summed E-state index contributed by atoms with van der Waals surface area (Å²) in [7, 11) is 3.62. The minimum atomic E-state index is -0.116. The molecule has 3 aromatic rings. The van der Waals surface area contributed by atoms with Crippen LogP contribution in [0.3, 0.4) is 0 Å². The minimum Gasteiger partial charge on any atom is -0.493 e. The number of ether oxygens (including phenoxy) is 2. The van der Waals surface area contributed by atoms with Gasteiger partial charge in [0.1, 0.15) is 6.61 Å². The molecule has 0 unspecified atom stereocenters. The highest BCUT2D eigenvalue weighted by atomic mass is 16.5. The van der Waals surface area contributed by atoms with Gasteiger partial charge in [0.05, 0.1) is 13.7 Å². The fraction of sp³-hybridized carbons (Fsp3) is 0.333. The van der Waals surface area contributed by atoms with Gasteiger partial charge in [-0.3, -0.25) is 4.40 Å². The Morgan fingerprint density at radius 2 is 1.84 bits per heavy atom. The van der Waals surface area contributed by atoms with Crippen LogP contribution in [0.5, 0.6) is 11.5 Å². The van der Waals surface area contributed by atoms with Gasteiger partial charge >= 0.3 is 5.69 Å². The number of aromatic nitrogens is 3. The molecule has 1 aromatic carbocycles. The van der Waals surface area contributed by atoms with Crippen molar-refractivity contribution in [2.24, 2.45) is 0 Å². The molecule has 0 fully saturated rings. The van der Waals surface area contributed by atoms with Gasteiger partial charge in [-0.1, -0.05) is 18.2 Å². The van der Waals surface area contributed by atoms with Gasteiger partial charge in [-0.25, -0.2) is 9.48 Å². The van der Waals surface area contributed by atoms with E-state index < -0.39 is 0 Å². The van der Waals surface area contributed by atoms with Crippen molar-refractivity contribution in [2.75, 3.05) is 33.9 Å². The molecule has 25 heavy (non-hydrogen) atoms. The smallest absolute Gasteiger partial charge is 0.350 e. The molecule has 7 heteroatoms. The highest BCUT2D eigenvalue weighted by Crippen LogP contribution is 2.25. The molecule has 0 amide bonds. The summed E-state index contributed by atoms with van der Waals surface area (Å²) in [6.45, 7) is 2.52. The Balaban J connectivity index is 1.50. The predicted octanol–water partition coefficient (Wildman–Crippen LogP) is 1.52. The van der Waals surface area contributed by atoms with Gasteiger partial charge in [0.15, 0.2) is 17.1 Å². The van der Waals surface area contributed by atoms with E-state index in [9.17, 15) is 4.79 Å². The van der Waals surface area contributed by atoms with E-state index in [1.165, 1.54) is 4.68 Å². The molecule has 0 aliphatic carbocycles. The monoisotopic (exact) mass is 342 g/mol. The van der Waals surface area contributed by atoms with Crippen LogP contribution in [0.2, 0.25) is 0 Å². The van der Waals surface area contributed by atoms with E-state index in [0.717, 1.165) is 18.0 Å². The fourth-order valence-electron chi connectivity index (χ4n) is 2.54. The number of pyridine rings is 1. The molecule has 0 N–H and O–H groups in total. The second-order valence-electron chi connectivity index (χ2n) is 5.74. The number of hydrogen-bond acceptors (Lipinski definition) is 5. The van der Waals surface area contributed by atoms with Gasteiger partial charge in [-0.05, 0) is 31.3 Å². The van der Waals surface area contributed by atoms with Crippen molar-refractivity contribution in [3.63, 3.8) is 0 Å². The van der Waals surface area contributed by atoms with E-state index in [2.05, 4.69) is 10.00 Å². The number of benzene rings is 1. The molecule has 0 bridgehead atoms.